The molecule has 0 aromatic carbocycles. The summed E-state index contributed by atoms with van der Waals surface area (Å²) in [5.74, 6) is 0. The highest BCUT2D eigenvalue weighted by Gasteiger charge is 2.44. The third-order valence-corrected chi connectivity index (χ3v) is 2.89. The van der Waals surface area contributed by atoms with E-state index in [1.54, 1.807) is 0 Å². The summed E-state index contributed by atoms with van der Waals surface area (Å²) in [5, 5.41) is 0. The van der Waals surface area contributed by atoms with Gasteiger partial charge in [0.15, 0.2) is 0 Å². The molecule has 0 aromatic rings. The fraction of sp³-hybridized carbons (Fsp3) is 0.818. The number of hydrogen-bond donors (Lipinski definition) is 0. The summed E-state index contributed by atoms with van der Waals surface area (Å²) in [6.07, 6.45) is 7.58. The van der Waals surface area contributed by atoms with E-state index in [-0.39, 0.29) is 11.2 Å². The molecule has 74 valence electrons. The summed E-state index contributed by atoms with van der Waals surface area (Å²) in [6.45, 7) is 5.80. The summed E-state index contributed by atoms with van der Waals surface area (Å²) in [4.78, 5) is 0. The van der Waals surface area contributed by atoms with Gasteiger partial charge in [-0.3, -0.25) is 0 Å². The molecule has 1 atom stereocenters. The van der Waals surface area contributed by atoms with Gasteiger partial charge in [0.2, 0.25) is 0 Å². The Kier molecular flexibility index (Phi) is 2.20. The van der Waals surface area contributed by atoms with Gasteiger partial charge in [0.05, 0.1) is 24.4 Å². The first kappa shape index (κ1) is 9.22. The zero-order valence-corrected chi connectivity index (χ0v) is 8.51. The molecule has 2 nitrogen and oxygen atoms in total. The minimum atomic E-state index is 0.00431. The Morgan fingerprint density at radius 1 is 1.15 bits per heavy atom. The summed E-state index contributed by atoms with van der Waals surface area (Å²) in [5.41, 5.74) is 0.0112. The molecule has 2 heterocycles. The van der Waals surface area contributed by atoms with Crippen LogP contribution >= 0.6 is 0 Å². The van der Waals surface area contributed by atoms with Crippen LogP contribution in [0.2, 0.25) is 0 Å². The fourth-order valence-corrected chi connectivity index (χ4v) is 2.29. The highest BCUT2D eigenvalue weighted by Crippen LogP contribution is 2.39. The second-order valence-electron chi connectivity index (χ2n) is 4.73. The van der Waals surface area contributed by atoms with Crippen LogP contribution < -0.4 is 0 Å². The minimum absolute atomic E-state index is 0.00431. The molecule has 0 unspecified atom stereocenters. The monoisotopic (exact) mass is 182 g/mol. The van der Waals surface area contributed by atoms with Crippen LogP contribution in [0.25, 0.3) is 0 Å². The van der Waals surface area contributed by atoms with Gasteiger partial charge in [-0.1, -0.05) is 12.2 Å². The maximum Gasteiger partial charge on any atom is 0.0949 e. The van der Waals surface area contributed by atoms with Gasteiger partial charge in [-0.25, -0.2) is 0 Å². The Morgan fingerprint density at radius 3 is 2.69 bits per heavy atom. The predicted molar refractivity (Wildman–Crippen MR) is 51.7 cm³/mol. The number of ether oxygens (including phenoxy) is 2. The van der Waals surface area contributed by atoms with E-state index >= 15 is 0 Å². The van der Waals surface area contributed by atoms with E-state index in [0.29, 0.717) is 0 Å². The molecule has 0 N–H and O–H groups in total. The molecule has 2 rings (SSSR count). The Hall–Kier alpha value is -0.340. The third-order valence-electron chi connectivity index (χ3n) is 2.89. The van der Waals surface area contributed by atoms with Gasteiger partial charge in [-0.2, -0.15) is 0 Å². The molecule has 0 aromatic heterocycles. The molecule has 1 spiro atoms. The largest absolute Gasteiger partial charge is 0.372 e. The zero-order chi connectivity index (χ0) is 9.36. The first-order chi connectivity index (χ1) is 6.12. The summed E-state index contributed by atoms with van der Waals surface area (Å²) in [7, 11) is 0. The van der Waals surface area contributed by atoms with Crippen molar-refractivity contribution in [2.75, 3.05) is 13.2 Å². The summed E-state index contributed by atoms with van der Waals surface area (Å²) < 4.78 is 11.6. The molecule has 2 aliphatic rings. The highest BCUT2D eigenvalue weighted by molar-refractivity contribution is 4.99. The van der Waals surface area contributed by atoms with Crippen LogP contribution in [0.5, 0.6) is 0 Å². The van der Waals surface area contributed by atoms with Crippen LogP contribution in [0.15, 0.2) is 12.2 Å². The van der Waals surface area contributed by atoms with Crippen LogP contribution in [-0.4, -0.2) is 24.4 Å². The van der Waals surface area contributed by atoms with Crippen LogP contribution in [0, 0.1) is 0 Å². The Morgan fingerprint density at radius 2 is 2.00 bits per heavy atom. The standard InChI is InChI=1S/C11H18O2/c1-10(2)8-11(9-13-10)6-4-3-5-7-12-11/h3,5H,4,6-9H2,1-2H3/t11-/m1/s1. The quantitative estimate of drug-likeness (QED) is 0.535. The Bertz CT molecular complexity index is 208. The number of rotatable bonds is 0. The van der Waals surface area contributed by atoms with E-state index in [0.717, 1.165) is 32.5 Å². The van der Waals surface area contributed by atoms with Gasteiger partial charge in [0.25, 0.3) is 0 Å². The van der Waals surface area contributed by atoms with E-state index in [4.69, 9.17) is 9.47 Å². The molecule has 2 aliphatic heterocycles. The molecule has 1 fully saturated rings. The van der Waals surface area contributed by atoms with E-state index in [2.05, 4.69) is 26.0 Å². The van der Waals surface area contributed by atoms with Gasteiger partial charge in [0.1, 0.15) is 0 Å². The Balaban J connectivity index is 2.05. The second kappa shape index (κ2) is 3.10. The maximum atomic E-state index is 5.88. The van der Waals surface area contributed by atoms with Gasteiger partial charge in [0, 0.05) is 6.42 Å². The summed E-state index contributed by atoms with van der Waals surface area (Å²) >= 11 is 0. The average molecular weight is 182 g/mol. The molecule has 1 saturated heterocycles. The van der Waals surface area contributed by atoms with Crippen molar-refractivity contribution in [3.63, 3.8) is 0 Å². The van der Waals surface area contributed by atoms with E-state index in [1.165, 1.54) is 0 Å². The third kappa shape index (κ3) is 1.94. The lowest BCUT2D eigenvalue weighted by molar-refractivity contribution is -0.0410. The smallest absolute Gasteiger partial charge is 0.0949 e. The molecule has 0 saturated carbocycles. The van der Waals surface area contributed by atoms with Gasteiger partial charge in [-0.15, -0.1) is 0 Å². The van der Waals surface area contributed by atoms with Crippen LogP contribution in [0.3, 0.4) is 0 Å². The molecular weight excluding hydrogens is 164 g/mol. The van der Waals surface area contributed by atoms with Crippen molar-refractivity contribution >= 4 is 0 Å². The van der Waals surface area contributed by atoms with Crippen LogP contribution in [0.1, 0.15) is 33.1 Å². The van der Waals surface area contributed by atoms with Crippen molar-refractivity contribution in [3.05, 3.63) is 12.2 Å². The van der Waals surface area contributed by atoms with Crippen molar-refractivity contribution in [2.45, 2.75) is 44.3 Å². The molecule has 2 heteroatoms. The maximum absolute atomic E-state index is 5.88. The Labute approximate surface area is 79.9 Å². The number of allylic oxidation sites excluding steroid dienone is 1. The lowest BCUT2D eigenvalue weighted by atomic mass is 9.90. The summed E-state index contributed by atoms with van der Waals surface area (Å²) in [6, 6.07) is 0. The number of hydrogen-bond acceptors (Lipinski definition) is 2. The van der Waals surface area contributed by atoms with E-state index < -0.39 is 0 Å². The topological polar surface area (TPSA) is 18.5 Å². The molecule has 0 bridgehead atoms. The van der Waals surface area contributed by atoms with Crippen molar-refractivity contribution in [3.8, 4) is 0 Å². The first-order valence-corrected chi connectivity index (χ1v) is 5.05. The lowest BCUT2D eigenvalue weighted by Gasteiger charge is -2.26. The van der Waals surface area contributed by atoms with Crippen molar-refractivity contribution in [2.24, 2.45) is 0 Å². The van der Waals surface area contributed by atoms with Crippen molar-refractivity contribution in [1.82, 2.24) is 0 Å². The molecular formula is C11H18O2. The van der Waals surface area contributed by atoms with Crippen molar-refractivity contribution < 1.29 is 9.47 Å². The first-order valence-electron chi connectivity index (χ1n) is 5.05. The van der Waals surface area contributed by atoms with Crippen LogP contribution in [-0.2, 0) is 9.47 Å². The van der Waals surface area contributed by atoms with E-state index in [1.807, 2.05) is 0 Å². The van der Waals surface area contributed by atoms with Crippen molar-refractivity contribution in [1.29, 1.82) is 0 Å². The van der Waals surface area contributed by atoms with Gasteiger partial charge in [-0.05, 0) is 26.7 Å². The lowest BCUT2D eigenvalue weighted by Crippen LogP contribution is -2.33. The van der Waals surface area contributed by atoms with Gasteiger partial charge >= 0.3 is 0 Å². The highest BCUT2D eigenvalue weighted by atomic mass is 16.6. The SMILES string of the molecule is CC1(C)C[C@]2(CCC=CCO2)CO1. The predicted octanol–water partition coefficient (Wildman–Crippen LogP) is 2.29. The molecule has 0 radical (unpaired) electrons. The van der Waals surface area contributed by atoms with Crippen LogP contribution in [0.4, 0.5) is 0 Å². The second-order valence-corrected chi connectivity index (χ2v) is 4.73. The zero-order valence-electron chi connectivity index (χ0n) is 8.51. The fourth-order valence-electron chi connectivity index (χ4n) is 2.29. The van der Waals surface area contributed by atoms with Gasteiger partial charge < -0.3 is 9.47 Å². The minimum Gasteiger partial charge on any atom is -0.372 e. The van der Waals surface area contributed by atoms with E-state index in [9.17, 15) is 0 Å². The molecule has 0 amide bonds. The average Bonchev–Trinajstić information content (AvgIpc) is 2.26. The molecule has 0 aliphatic carbocycles. The normalized spacial score (nSPS) is 38.0. The molecule has 13 heavy (non-hydrogen) atoms.